The van der Waals surface area contributed by atoms with Crippen LogP contribution in [0.25, 0.3) is 0 Å². The zero-order valence-electron chi connectivity index (χ0n) is 12.0. The molecule has 0 unspecified atom stereocenters. The lowest BCUT2D eigenvalue weighted by molar-refractivity contribution is -0.384. The maximum atomic E-state index is 11.3. The molecular weight excluding hydrogens is 266 g/mol. The van der Waals surface area contributed by atoms with E-state index in [1.807, 2.05) is 24.0 Å². The van der Waals surface area contributed by atoms with Crippen LogP contribution in [0.5, 0.6) is 0 Å². The van der Waals surface area contributed by atoms with Crippen LogP contribution in [-0.2, 0) is 12.8 Å². The summed E-state index contributed by atoms with van der Waals surface area (Å²) in [6, 6.07) is 9.95. The van der Waals surface area contributed by atoms with Crippen LogP contribution in [0.1, 0.15) is 16.7 Å². The van der Waals surface area contributed by atoms with Crippen LogP contribution in [0.3, 0.4) is 0 Å². The van der Waals surface area contributed by atoms with E-state index in [2.05, 4.69) is 17.1 Å². The average Bonchev–Trinajstić information content (AvgIpc) is 2.70. The minimum Gasteiger partial charge on any atom is -0.350 e. The Kier molecular flexibility index (Phi) is 3.56. The predicted molar refractivity (Wildman–Crippen MR) is 81.7 cm³/mol. The molecule has 3 rings (SSSR count). The number of fused-ring (bicyclic) bond motifs is 1. The molecule has 108 valence electrons. The minimum atomic E-state index is -0.340. The largest absolute Gasteiger partial charge is 0.350 e. The lowest BCUT2D eigenvalue weighted by Gasteiger charge is -2.21. The lowest BCUT2D eigenvalue weighted by atomic mass is 10.0. The van der Waals surface area contributed by atoms with E-state index in [4.69, 9.17) is 0 Å². The molecule has 1 aliphatic heterocycles. The fourth-order valence-electron chi connectivity index (χ4n) is 2.80. The van der Waals surface area contributed by atoms with Crippen LogP contribution in [0.15, 0.2) is 36.5 Å². The van der Waals surface area contributed by atoms with Crippen LogP contribution in [0, 0.1) is 17.0 Å². The number of aryl methyl sites for hydroxylation is 1. The first-order valence-corrected chi connectivity index (χ1v) is 7.08. The van der Waals surface area contributed by atoms with Crippen molar-refractivity contribution in [1.29, 1.82) is 0 Å². The second kappa shape index (κ2) is 5.52. The van der Waals surface area contributed by atoms with E-state index in [1.165, 1.54) is 11.1 Å². The zero-order valence-corrected chi connectivity index (χ0v) is 12.0. The number of aromatic nitrogens is 1. The second-order valence-corrected chi connectivity index (χ2v) is 5.37. The molecule has 0 radical (unpaired) electrons. The Labute approximate surface area is 123 Å². The molecule has 0 fully saturated rings. The predicted octanol–water partition coefficient (Wildman–Crippen LogP) is 2.90. The third-order valence-corrected chi connectivity index (χ3v) is 3.90. The van der Waals surface area contributed by atoms with E-state index >= 15 is 0 Å². The molecule has 0 bridgehead atoms. The molecule has 0 saturated carbocycles. The number of anilines is 1. The van der Waals surface area contributed by atoms with Gasteiger partial charge in [0.2, 0.25) is 5.82 Å². The second-order valence-electron chi connectivity index (χ2n) is 5.37. The van der Waals surface area contributed by atoms with Gasteiger partial charge in [0.1, 0.15) is 0 Å². The highest BCUT2D eigenvalue weighted by atomic mass is 16.6. The van der Waals surface area contributed by atoms with Gasteiger partial charge in [-0.3, -0.25) is 10.1 Å². The van der Waals surface area contributed by atoms with Crippen LogP contribution < -0.4 is 4.90 Å². The van der Waals surface area contributed by atoms with E-state index in [1.54, 1.807) is 12.3 Å². The molecule has 2 aromatic rings. The Balaban J connectivity index is 1.91. The number of benzene rings is 1. The van der Waals surface area contributed by atoms with E-state index < -0.39 is 0 Å². The average molecular weight is 283 g/mol. The van der Waals surface area contributed by atoms with Crippen LogP contribution >= 0.6 is 0 Å². The Hall–Kier alpha value is -2.43. The number of nitrogens with zero attached hydrogens (tertiary/aromatic N) is 3. The Bertz CT molecular complexity index is 658. The van der Waals surface area contributed by atoms with Crippen molar-refractivity contribution < 1.29 is 4.92 Å². The van der Waals surface area contributed by atoms with Crippen LogP contribution in [-0.4, -0.2) is 23.0 Å². The molecule has 0 amide bonds. The first-order chi connectivity index (χ1) is 10.1. The van der Waals surface area contributed by atoms with Gasteiger partial charge >= 0.3 is 5.69 Å². The summed E-state index contributed by atoms with van der Waals surface area (Å²) in [4.78, 5) is 17.3. The highest BCUT2D eigenvalue weighted by molar-refractivity contribution is 5.59. The summed E-state index contributed by atoms with van der Waals surface area (Å²) in [5.74, 6) is 0.485. The van der Waals surface area contributed by atoms with Crippen molar-refractivity contribution in [3.63, 3.8) is 0 Å². The molecule has 5 nitrogen and oxygen atoms in total. The summed E-state index contributed by atoms with van der Waals surface area (Å²) >= 11 is 0. The Morgan fingerprint density at radius 2 is 1.81 bits per heavy atom. The minimum absolute atomic E-state index is 0.0981. The summed E-state index contributed by atoms with van der Waals surface area (Å²) in [6.45, 7) is 3.34. The first kappa shape index (κ1) is 13.5. The molecule has 5 heteroatoms. The van der Waals surface area contributed by atoms with Gasteiger partial charge in [-0.25, -0.2) is 4.98 Å². The van der Waals surface area contributed by atoms with Gasteiger partial charge in [0, 0.05) is 25.4 Å². The van der Waals surface area contributed by atoms with Gasteiger partial charge in [0.25, 0.3) is 0 Å². The monoisotopic (exact) mass is 283 g/mol. The van der Waals surface area contributed by atoms with Crippen molar-refractivity contribution in [2.45, 2.75) is 19.8 Å². The zero-order chi connectivity index (χ0) is 14.8. The molecule has 0 atom stereocenters. The van der Waals surface area contributed by atoms with Crippen molar-refractivity contribution in [3.05, 3.63) is 63.3 Å². The number of nitro groups is 1. The summed E-state index contributed by atoms with van der Waals surface area (Å²) in [6.07, 6.45) is 3.48. The molecule has 0 aliphatic carbocycles. The van der Waals surface area contributed by atoms with Gasteiger partial charge in [-0.05, 0) is 36.5 Å². The van der Waals surface area contributed by atoms with Gasteiger partial charge < -0.3 is 4.90 Å². The Morgan fingerprint density at radius 3 is 2.38 bits per heavy atom. The molecule has 2 heterocycles. The van der Waals surface area contributed by atoms with E-state index in [9.17, 15) is 10.1 Å². The molecular formula is C16H17N3O2. The normalized spacial score (nSPS) is 14.4. The number of hydrogen-bond acceptors (Lipinski definition) is 4. The standard InChI is InChI=1S/C16H17N3O2/c1-12-10-15(19(20)21)16(17-11-12)18-8-6-13-4-2-3-5-14(13)7-9-18/h2-5,10-11H,6-9H2,1H3. The van der Waals surface area contributed by atoms with Gasteiger partial charge in [-0.1, -0.05) is 24.3 Å². The van der Waals surface area contributed by atoms with Crippen LogP contribution in [0.4, 0.5) is 11.5 Å². The van der Waals surface area contributed by atoms with Gasteiger partial charge in [0.05, 0.1) is 4.92 Å². The summed E-state index contributed by atoms with van der Waals surface area (Å²) in [5, 5.41) is 11.3. The molecule has 1 aliphatic rings. The molecule has 0 saturated heterocycles. The van der Waals surface area contributed by atoms with E-state index in [0.717, 1.165) is 31.5 Å². The highest BCUT2D eigenvalue weighted by Gasteiger charge is 2.23. The number of rotatable bonds is 2. The van der Waals surface area contributed by atoms with Crippen molar-refractivity contribution >= 4 is 11.5 Å². The van der Waals surface area contributed by atoms with Crippen molar-refractivity contribution in [2.24, 2.45) is 0 Å². The van der Waals surface area contributed by atoms with Gasteiger partial charge in [0.15, 0.2) is 0 Å². The van der Waals surface area contributed by atoms with Gasteiger partial charge in [-0.2, -0.15) is 0 Å². The highest BCUT2D eigenvalue weighted by Crippen LogP contribution is 2.28. The van der Waals surface area contributed by atoms with Gasteiger partial charge in [-0.15, -0.1) is 0 Å². The third-order valence-electron chi connectivity index (χ3n) is 3.90. The molecule has 0 spiro atoms. The fraction of sp³-hybridized carbons (Fsp3) is 0.312. The number of pyridine rings is 1. The quantitative estimate of drug-likeness (QED) is 0.628. The molecule has 1 aromatic heterocycles. The molecule has 21 heavy (non-hydrogen) atoms. The van der Waals surface area contributed by atoms with Crippen molar-refractivity contribution in [1.82, 2.24) is 4.98 Å². The topological polar surface area (TPSA) is 59.3 Å². The number of hydrogen-bond donors (Lipinski definition) is 0. The molecule has 1 aromatic carbocycles. The Morgan fingerprint density at radius 1 is 1.19 bits per heavy atom. The van der Waals surface area contributed by atoms with Crippen molar-refractivity contribution in [2.75, 3.05) is 18.0 Å². The SMILES string of the molecule is Cc1cnc(N2CCc3ccccc3CC2)c([N+](=O)[O-])c1. The smallest absolute Gasteiger partial charge is 0.311 e. The van der Waals surface area contributed by atoms with E-state index in [0.29, 0.717) is 5.82 Å². The molecule has 0 N–H and O–H groups in total. The lowest BCUT2D eigenvalue weighted by Crippen LogP contribution is -2.27. The fourth-order valence-corrected chi connectivity index (χ4v) is 2.80. The van der Waals surface area contributed by atoms with Crippen LogP contribution in [0.2, 0.25) is 0 Å². The van der Waals surface area contributed by atoms with Crippen molar-refractivity contribution in [3.8, 4) is 0 Å². The first-order valence-electron chi connectivity index (χ1n) is 7.08. The summed E-state index contributed by atoms with van der Waals surface area (Å²) < 4.78 is 0. The summed E-state index contributed by atoms with van der Waals surface area (Å²) in [7, 11) is 0. The maximum Gasteiger partial charge on any atom is 0.311 e. The summed E-state index contributed by atoms with van der Waals surface area (Å²) in [5.41, 5.74) is 3.56. The maximum absolute atomic E-state index is 11.3. The third kappa shape index (κ3) is 2.72. The van der Waals surface area contributed by atoms with E-state index in [-0.39, 0.29) is 10.6 Å².